The van der Waals surface area contributed by atoms with Gasteiger partial charge in [-0.3, -0.25) is 4.79 Å². The Bertz CT molecular complexity index is 770. The highest BCUT2D eigenvalue weighted by molar-refractivity contribution is 5.97. The van der Waals surface area contributed by atoms with Gasteiger partial charge in [-0.05, 0) is 63.1 Å². The Labute approximate surface area is 148 Å². The van der Waals surface area contributed by atoms with Crippen LogP contribution in [0.1, 0.15) is 35.3 Å². The van der Waals surface area contributed by atoms with Gasteiger partial charge in [0.1, 0.15) is 5.75 Å². The molecule has 0 spiro atoms. The summed E-state index contributed by atoms with van der Waals surface area (Å²) in [6.45, 7) is 7.55. The van der Waals surface area contributed by atoms with Crippen LogP contribution >= 0.6 is 0 Å². The SMILES string of the molecule is CCOC(=O)c1ccc(C)c(NC(=O)[C@@H](C)Oc2cccc(C)c2)c1. The van der Waals surface area contributed by atoms with Gasteiger partial charge in [-0.15, -0.1) is 0 Å². The van der Waals surface area contributed by atoms with Crippen LogP contribution in [0, 0.1) is 13.8 Å². The maximum atomic E-state index is 12.4. The first-order chi connectivity index (χ1) is 11.9. The molecule has 1 atom stereocenters. The fourth-order valence-corrected chi connectivity index (χ4v) is 2.28. The molecule has 132 valence electrons. The topological polar surface area (TPSA) is 64.6 Å². The normalized spacial score (nSPS) is 11.5. The smallest absolute Gasteiger partial charge is 0.338 e. The largest absolute Gasteiger partial charge is 0.481 e. The summed E-state index contributed by atoms with van der Waals surface area (Å²) in [5.41, 5.74) is 2.87. The van der Waals surface area contributed by atoms with Crippen LogP contribution in [0.15, 0.2) is 42.5 Å². The van der Waals surface area contributed by atoms with E-state index in [-0.39, 0.29) is 5.91 Å². The lowest BCUT2D eigenvalue weighted by Crippen LogP contribution is -2.30. The second-order valence-electron chi connectivity index (χ2n) is 5.82. The lowest BCUT2D eigenvalue weighted by Gasteiger charge is -2.16. The standard InChI is InChI=1S/C20H23NO4/c1-5-24-20(23)16-10-9-14(3)18(12-16)21-19(22)15(4)25-17-8-6-7-13(2)11-17/h6-12,15H,5H2,1-4H3,(H,21,22)/t15-/m1/s1. The zero-order valence-corrected chi connectivity index (χ0v) is 15.0. The Morgan fingerprint density at radius 2 is 1.88 bits per heavy atom. The summed E-state index contributed by atoms with van der Waals surface area (Å²) in [4.78, 5) is 24.2. The van der Waals surface area contributed by atoms with Crippen molar-refractivity contribution in [1.82, 2.24) is 0 Å². The molecule has 1 amide bonds. The van der Waals surface area contributed by atoms with E-state index in [2.05, 4.69) is 5.32 Å². The third-order valence-electron chi connectivity index (χ3n) is 3.68. The van der Waals surface area contributed by atoms with E-state index in [0.29, 0.717) is 23.6 Å². The number of hydrogen-bond donors (Lipinski definition) is 1. The van der Waals surface area contributed by atoms with Crippen molar-refractivity contribution < 1.29 is 19.1 Å². The molecule has 0 aliphatic carbocycles. The number of amides is 1. The quantitative estimate of drug-likeness (QED) is 0.810. The van der Waals surface area contributed by atoms with Crippen LogP contribution in [0.3, 0.4) is 0 Å². The van der Waals surface area contributed by atoms with E-state index in [9.17, 15) is 9.59 Å². The Kier molecular flexibility index (Phi) is 6.17. The number of benzene rings is 2. The average Bonchev–Trinajstić information content (AvgIpc) is 2.57. The lowest BCUT2D eigenvalue weighted by atomic mass is 10.1. The van der Waals surface area contributed by atoms with Crippen LogP contribution in [0.25, 0.3) is 0 Å². The monoisotopic (exact) mass is 341 g/mol. The van der Waals surface area contributed by atoms with Gasteiger partial charge in [-0.2, -0.15) is 0 Å². The van der Waals surface area contributed by atoms with E-state index in [1.807, 2.05) is 38.1 Å². The second kappa shape index (κ2) is 8.33. The highest BCUT2D eigenvalue weighted by atomic mass is 16.5. The summed E-state index contributed by atoms with van der Waals surface area (Å²) in [6.07, 6.45) is -0.674. The van der Waals surface area contributed by atoms with Gasteiger partial charge in [0.2, 0.25) is 0 Å². The molecule has 0 aromatic heterocycles. The molecule has 0 saturated heterocycles. The number of carbonyl (C=O) groups excluding carboxylic acids is 2. The Balaban J connectivity index is 2.08. The van der Waals surface area contributed by atoms with Gasteiger partial charge in [0.25, 0.3) is 5.91 Å². The van der Waals surface area contributed by atoms with E-state index in [4.69, 9.17) is 9.47 Å². The predicted molar refractivity (Wildman–Crippen MR) is 97.0 cm³/mol. The number of ether oxygens (including phenoxy) is 2. The van der Waals surface area contributed by atoms with Crippen molar-refractivity contribution in [3.63, 3.8) is 0 Å². The minimum absolute atomic E-state index is 0.286. The summed E-state index contributed by atoms with van der Waals surface area (Å²) in [7, 11) is 0. The first kappa shape index (κ1) is 18.5. The van der Waals surface area contributed by atoms with Gasteiger partial charge >= 0.3 is 5.97 Å². The first-order valence-corrected chi connectivity index (χ1v) is 8.22. The van der Waals surface area contributed by atoms with Gasteiger partial charge in [0, 0.05) is 5.69 Å². The van der Waals surface area contributed by atoms with Crippen molar-refractivity contribution in [3.8, 4) is 5.75 Å². The number of aryl methyl sites for hydroxylation is 2. The van der Waals surface area contributed by atoms with Crippen LogP contribution < -0.4 is 10.1 Å². The number of hydrogen-bond acceptors (Lipinski definition) is 4. The fourth-order valence-electron chi connectivity index (χ4n) is 2.28. The predicted octanol–water partition coefficient (Wildman–Crippen LogP) is 3.89. The molecule has 0 aliphatic rings. The molecule has 0 fully saturated rings. The molecule has 0 bridgehead atoms. The zero-order chi connectivity index (χ0) is 18.4. The Hall–Kier alpha value is -2.82. The highest BCUT2D eigenvalue weighted by Gasteiger charge is 2.17. The molecule has 5 nitrogen and oxygen atoms in total. The molecule has 0 aliphatic heterocycles. The van der Waals surface area contributed by atoms with Gasteiger partial charge in [0.15, 0.2) is 6.10 Å². The molecular formula is C20H23NO4. The molecule has 0 saturated carbocycles. The van der Waals surface area contributed by atoms with E-state index >= 15 is 0 Å². The minimum Gasteiger partial charge on any atom is -0.481 e. The summed E-state index contributed by atoms with van der Waals surface area (Å²) in [6, 6.07) is 12.6. The Morgan fingerprint density at radius 3 is 2.56 bits per heavy atom. The minimum atomic E-state index is -0.674. The summed E-state index contributed by atoms with van der Waals surface area (Å²) < 4.78 is 10.7. The van der Waals surface area contributed by atoms with Crippen LogP contribution in [0.4, 0.5) is 5.69 Å². The van der Waals surface area contributed by atoms with Crippen molar-refractivity contribution in [2.75, 3.05) is 11.9 Å². The molecule has 2 aromatic carbocycles. The zero-order valence-electron chi connectivity index (χ0n) is 15.0. The maximum absolute atomic E-state index is 12.4. The Morgan fingerprint density at radius 1 is 1.12 bits per heavy atom. The lowest BCUT2D eigenvalue weighted by molar-refractivity contribution is -0.122. The van der Waals surface area contributed by atoms with Crippen LogP contribution in [0.2, 0.25) is 0 Å². The van der Waals surface area contributed by atoms with Crippen LogP contribution in [0.5, 0.6) is 5.75 Å². The fraction of sp³-hybridized carbons (Fsp3) is 0.300. The number of anilines is 1. The average molecular weight is 341 g/mol. The van der Waals surface area contributed by atoms with Crippen molar-refractivity contribution in [3.05, 3.63) is 59.2 Å². The van der Waals surface area contributed by atoms with Crippen LogP contribution in [-0.4, -0.2) is 24.6 Å². The molecule has 25 heavy (non-hydrogen) atoms. The number of carbonyl (C=O) groups is 2. The van der Waals surface area contributed by atoms with Crippen molar-refractivity contribution in [2.45, 2.75) is 33.8 Å². The number of nitrogens with one attached hydrogen (secondary N) is 1. The van der Waals surface area contributed by atoms with Crippen molar-refractivity contribution in [1.29, 1.82) is 0 Å². The highest BCUT2D eigenvalue weighted by Crippen LogP contribution is 2.19. The van der Waals surface area contributed by atoms with E-state index < -0.39 is 12.1 Å². The van der Waals surface area contributed by atoms with E-state index in [1.165, 1.54) is 0 Å². The first-order valence-electron chi connectivity index (χ1n) is 8.22. The summed E-state index contributed by atoms with van der Waals surface area (Å²) in [5, 5.41) is 2.81. The molecule has 0 unspecified atom stereocenters. The van der Waals surface area contributed by atoms with Gasteiger partial charge in [-0.25, -0.2) is 4.79 Å². The van der Waals surface area contributed by atoms with Gasteiger partial charge in [0.05, 0.1) is 12.2 Å². The van der Waals surface area contributed by atoms with E-state index in [1.54, 1.807) is 32.0 Å². The van der Waals surface area contributed by atoms with Crippen molar-refractivity contribution in [2.24, 2.45) is 0 Å². The number of rotatable bonds is 6. The number of esters is 1. The molecule has 2 aromatic rings. The van der Waals surface area contributed by atoms with E-state index in [0.717, 1.165) is 11.1 Å². The molecular weight excluding hydrogens is 318 g/mol. The summed E-state index contributed by atoms with van der Waals surface area (Å²) >= 11 is 0. The van der Waals surface area contributed by atoms with Crippen LogP contribution in [-0.2, 0) is 9.53 Å². The maximum Gasteiger partial charge on any atom is 0.338 e. The molecule has 0 radical (unpaired) electrons. The van der Waals surface area contributed by atoms with Gasteiger partial charge in [-0.1, -0.05) is 18.2 Å². The molecule has 1 N–H and O–H groups in total. The molecule has 0 heterocycles. The second-order valence-corrected chi connectivity index (χ2v) is 5.82. The molecule has 5 heteroatoms. The van der Waals surface area contributed by atoms with Crippen molar-refractivity contribution >= 4 is 17.6 Å². The summed E-state index contributed by atoms with van der Waals surface area (Å²) in [5.74, 6) is -0.0627. The van der Waals surface area contributed by atoms with Gasteiger partial charge < -0.3 is 14.8 Å². The molecule has 2 rings (SSSR count). The third kappa shape index (κ3) is 5.08. The third-order valence-corrected chi connectivity index (χ3v) is 3.68.